The zero-order valence-corrected chi connectivity index (χ0v) is 11.7. The third-order valence-corrected chi connectivity index (χ3v) is 3.96. The number of aliphatic hydroxyl groups is 1. The van der Waals surface area contributed by atoms with E-state index in [9.17, 15) is 4.79 Å². The van der Waals surface area contributed by atoms with Gasteiger partial charge in [0.1, 0.15) is 6.04 Å². The first-order valence-corrected chi connectivity index (χ1v) is 7.16. The molecule has 1 fully saturated rings. The molecule has 1 amide bonds. The molecule has 1 aromatic rings. The smallest absolute Gasteiger partial charge is 0.255 e. The van der Waals surface area contributed by atoms with E-state index in [1.165, 1.54) is 0 Å². The van der Waals surface area contributed by atoms with Crippen molar-refractivity contribution in [3.05, 3.63) is 35.9 Å². The Labute approximate surface area is 119 Å². The molecular weight excluding hydrogens is 254 g/mol. The van der Waals surface area contributed by atoms with Crippen LogP contribution in [0.2, 0.25) is 0 Å². The minimum Gasteiger partial charge on any atom is -0.396 e. The van der Waals surface area contributed by atoms with Crippen LogP contribution >= 0.6 is 0 Å². The highest BCUT2D eigenvalue weighted by atomic mass is 16.3. The summed E-state index contributed by atoms with van der Waals surface area (Å²) in [6.45, 7) is 1.92. The van der Waals surface area contributed by atoms with Gasteiger partial charge in [0.05, 0.1) is 0 Å². The number of likely N-dealkylation sites (tertiary alicyclic amines) is 1. The van der Waals surface area contributed by atoms with Gasteiger partial charge in [0.25, 0.3) is 5.91 Å². The standard InChI is InChI=1S/C15H23N3O2/c16-17-15(20)14(13-6-2-1-3-7-13)18-9-4-5-12(11-18)8-10-19/h1-3,6-7,12,14,19H,4-5,8-11,16H2,(H,17,20). The van der Waals surface area contributed by atoms with Crippen molar-refractivity contribution in [2.45, 2.75) is 25.3 Å². The second-order valence-corrected chi connectivity index (χ2v) is 5.34. The van der Waals surface area contributed by atoms with E-state index in [1.807, 2.05) is 30.3 Å². The van der Waals surface area contributed by atoms with Crippen molar-refractivity contribution in [1.82, 2.24) is 10.3 Å². The molecule has 5 heteroatoms. The number of amides is 1. The predicted octanol–water partition coefficient (Wildman–Crippen LogP) is 0.812. The SMILES string of the molecule is NNC(=O)C(c1ccccc1)N1CCCC(CCO)C1. The van der Waals surface area contributed by atoms with E-state index in [4.69, 9.17) is 10.9 Å². The number of carbonyl (C=O) groups is 1. The van der Waals surface area contributed by atoms with Crippen LogP contribution in [-0.2, 0) is 4.79 Å². The van der Waals surface area contributed by atoms with Crippen LogP contribution in [0.5, 0.6) is 0 Å². The molecule has 1 saturated heterocycles. The van der Waals surface area contributed by atoms with Gasteiger partial charge in [0.15, 0.2) is 0 Å². The second-order valence-electron chi connectivity index (χ2n) is 5.34. The molecule has 2 unspecified atom stereocenters. The van der Waals surface area contributed by atoms with Crippen LogP contribution in [0, 0.1) is 5.92 Å². The Morgan fingerprint density at radius 2 is 2.20 bits per heavy atom. The van der Waals surface area contributed by atoms with E-state index < -0.39 is 0 Å². The molecule has 1 aromatic carbocycles. The number of hydrogen-bond acceptors (Lipinski definition) is 4. The van der Waals surface area contributed by atoms with Crippen LogP contribution in [-0.4, -0.2) is 35.6 Å². The molecule has 5 nitrogen and oxygen atoms in total. The molecular formula is C15H23N3O2. The van der Waals surface area contributed by atoms with Crippen LogP contribution in [0.4, 0.5) is 0 Å². The molecule has 0 bridgehead atoms. The molecule has 0 aromatic heterocycles. The molecule has 4 N–H and O–H groups in total. The molecule has 110 valence electrons. The molecule has 0 saturated carbocycles. The summed E-state index contributed by atoms with van der Waals surface area (Å²) in [5.74, 6) is 5.61. The number of benzene rings is 1. The summed E-state index contributed by atoms with van der Waals surface area (Å²) in [4.78, 5) is 14.3. The van der Waals surface area contributed by atoms with Crippen molar-refractivity contribution < 1.29 is 9.90 Å². The van der Waals surface area contributed by atoms with Crippen molar-refractivity contribution >= 4 is 5.91 Å². The number of carbonyl (C=O) groups excluding carboxylic acids is 1. The third-order valence-electron chi connectivity index (χ3n) is 3.96. The van der Waals surface area contributed by atoms with Crippen molar-refractivity contribution in [3.63, 3.8) is 0 Å². The fourth-order valence-corrected chi connectivity index (χ4v) is 2.99. The average Bonchev–Trinajstić information content (AvgIpc) is 2.49. The van der Waals surface area contributed by atoms with E-state index in [0.29, 0.717) is 5.92 Å². The monoisotopic (exact) mass is 277 g/mol. The number of piperidine rings is 1. The van der Waals surface area contributed by atoms with Gasteiger partial charge in [0, 0.05) is 13.2 Å². The van der Waals surface area contributed by atoms with Gasteiger partial charge in [-0.1, -0.05) is 30.3 Å². The molecule has 1 heterocycles. The second kappa shape index (κ2) is 7.38. The highest BCUT2D eigenvalue weighted by molar-refractivity contribution is 5.82. The third kappa shape index (κ3) is 3.56. The molecule has 1 aliphatic rings. The number of nitrogens with zero attached hydrogens (tertiary/aromatic N) is 1. The maximum Gasteiger partial charge on any atom is 0.255 e. The Balaban J connectivity index is 2.16. The van der Waals surface area contributed by atoms with E-state index in [-0.39, 0.29) is 18.6 Å². The largest absolute Gasteiger partial charge is 0.396 e. The van der Waals surface area contributed by atoms with Crippen LogP contribution in [0.25, 0.3) is 0 Å². The summed E-state index contributed by atoms with van der Waals surface area (Å²) in [5.41, 5.74) is 3.24. The zero-order valence-electron chi connectivity index (χ0n) is 11.7. The Morgan fingerprint density at radius 3 is 2.85 bits per heavy atom. The molecule has 0 radical (unpaired) electrons. The first-order valence-electron chi connectivity index (χ1n) is 7.16. The van der Waals surface area contributed by atoms with Crippen LogP contribution in [0.3, 0.4) is 0 Å². The fraction of sp³-hybridized carbons (Fsp3) is 0.533. The van der Waals surface area contributed by atoms with Crippen molar-refractivity contribution in [1.29, 1.82) is 0 Å². The summed E-state index contributed by atoms with van der Waals surface area (Å²) < 4.78 is 0. The topological polar surface area (TPSA) is 78.6 Å². The quantitative estimate of drug-likeness (QED) is 0.423. The zero-order chi connectivity index (χ0) is 14.4. The van der Waals surface area contributed by atoms with Crippen molar-refractivity contribution in [2.24, 2.45) is 11.8 Å². The van der Waals surface area contributed by atoms with Gasteiger partial charge in [-0.3, -0.25) is 15.1 Å². The lowest BCUT2D eigenvalue weighted by atomic mass is 9.92. The Morgan fingerprint density at radius 1 is 1.45 bits per heavy atom. The predicted molar refractivity (Wildman–Crippen MR) is 77.5 cm³/mol. The minimum atomic E-state index is -0.345. The number of rotatable bonds is 5. The highest BCUT2D eigenvalue weighted by Gasteiger charge is 2.31. The lowest BCUT2D eigenvalue weighted by molar-refractivity contribution is -0.127. The number of hydrazine groups is 1. The van der Waals surface area contributed by atoms with Gasteiger partial charge in [-0.2, -0.15) is 0 Å². The van der Waals surface area contributed by atoms with Crippen LogP contribution in [0.15, 0.2) is 30.3 Å². The fourth-order valence-electron chi connectivity index (χ4n) is 2.99. The van der Waals surface area contributed by atoms with Crippen molar-refractivity contribution in [3.8, 4) is 0 Å². The van der Waals surface area contributed by atoms with Gasteiger partial charge >= 0.3 is 0 Å². The first kappa shape index (κ1) is 15.0. The first-order chi connectivity index (χ1) is 9.76. The summed E-state index contributed by atoms with van der Waals surface area (Å²) in [5, 5.41) is 9.10. The summed E-state index contributed by atoms with van der Waals surface area (Å²) >= 11 is 0. The van der Waals surface area contributed by atoms with Crippen LogP contribution in [0.1, 0.15) is 30.9 Å². The summed E-state index contributed by atoms with van der Waals surface area (Å²) in [6.07, 6.45) is 2.96. The Hall–Kier alpha value is -1.43. The maximum absolute atomic E-state index is 12.1. The number of nitrogens with one attached hydrogen (secondary N) is 1. The van der Waals surface area contributed by atoms with E-state index in [0.717, 1.165) is 37.9 Å². The normalized spacial score (nSPS) is 21.4. The summed E-state index contributed by atoms with van der Waals surface area (Å²) in [7, 11) is 0. The molecule has 20 heavy (non-hydrogen) atoms. The van der Waals surface area contributed by atoms with Gasteiger partial charge in [0.2, 0.25) is 0 Å². The van der Waals surface area contributed by atoms with E-state index in [2.05, 4.69) is 10.3 Å². The van der Waals surface area contributed by atoms with E-state index in [1.54, 1.807) is 0 Å². The molecule has 2 atom stereocenters. The lowest BCUT2D eigenvalue weighted by Crippen LogP contribution is -2.47. The number of hydrogen-bond donors (Lipinski definition) is 3. The molecule has 0 spiro atoms. The van der Waals surface area contributed by atoms with Crippen molar-refractivity contribution in [2.75, 3.05) is 19.7 Å². The summed E-state index contributed by atoms with van der Waals surface area (Å²) in [6, 6.07) is 9.36. The van der Waals surface area contributed by atoms with Gasteiger partial charge < -0.3 is 5.11 Å². The molecule has 0 aliphatic carbocycles. The lowest BCUT2D eigenvalue weighted by Gasteiger charge is -2.37. The minimum absolute atomic E-state index is 0.180. The van der Waals surface area contributed by atoms with E-state index >= 15 is 0 Å². The molecule has 1 aliphatic heterocycles. The van der Waals surface area contributed by atoms with Gasteiger partial charge in [-0.15, -0.1) is 0 Å². The number of nitrogens with two attached hydrogens (primary N) is 1. The maximum atomic E-state index is 12.1. The van der Waals surface area contributed by atoms with Gasteiger partial charge in [-0.25, -0.2) is 5.84 Å². The average molecular weight is 277 g/mol. The molecule has 2 rings (SSSR count). The number of aliphatic hydroxyl groups excluding tert-OH is 1. The van der Waals surface area contributed by atoms with Crippen LogP contribution < -0.4 is 11.3 Å². The Kier molecular flexibility index (Phi) is 5.52. The van der Waals surface area contributed by atoms with Gasteiger partial charge in [-0.05, 0) is 37.3 Å². The Bertz CT molecular complexity index is 422. The highest BCUT2D eigenvalue weighted by Crippen LogP contribution is 2.28.